The molecular weight excluding hydrogens is 232 g/mol. The van der Waals surface area contributed by atoms with Crippen molar-refractivity contribution in [2.75, 3.05) is 20.1 Å². The summed E-state index contributed by atoms with van der Waals surface area (Å²) in [7, 11) is 2.17. The third kappa shape index (κ3) is 4.63. The molecule has 0 saturated carbocycles. The van der Waals surface area contributed by atoms with Gasteiger partial charge in [0.1, 0.15) is 0 Å². The maximum atomic E-state index is 5.57. The Morgan fingerprint density at radius 3 is 2.05 bits per heavy atom. The fourth-order valence-corrected chi connectivity index (χ4v) is 2.39. The molecule has 0 spiro atoms. The Kier molecular flexibility index (Phi) is 5.57. The standard InChI is InChI=1S/C17H30N2/c1-13-10-15(17(3,4)5)11-14(2)16(13)12-19(6)9-7-8-18/h10-11H,7-9,12,18H2,1-6H3. The Labute approximate surface area is 119 Å². The van der Waals surface area contributed by atoms with Crippen LogP contribution in [0.2, 0.25) is 0 Å². The van der Waals surface area contributed by atoms with Gasteiger partial charge in [-0.15, -0.1) is 0 Å². The van der Waals surface area contributed by atoms with E-state index in [2.05, 4.69) is 58.7 Å². The molecule has 19 heavy (non-hydrogen) atoms. The van der Waals surface area contributed by atoms with Gasteiger partial charge < -0.3 is 10.6 Å². The normalized spacial score (nSPS) is 12.2. The molecule has 2 heteroatoms. The van der Waals surface area contributed by atoms with Crippen molar-refractivity contribution in [3.63, 3.8) is 0 Å². The lowest BCUT2D eigenvalue weighted by atomic mass is 9.84. The van der Waals surface area contributed by atoms with E-state index in [1.807, 2.05) is 0 Å². The zero-order chi connectivity index (χ0) is 14.6. The van der Waals surface area contributed by atoms with Gasteiger partial charge in [0, 0.05) is 6.54 Å². The van der Waals surface area contributed by atoms with Gasteiger partial charge in [-0.05, 0) is 68.1 Å². The highest BCUT2D eigenvalue weighted by Gasteiger charge is 2.16. The summed E-state index contributed by atoms with van der Waals surface area (Å²) in [5.41, 5.74) is 11.5. The summed E-state index contributed by atoms with van der Waals surface area (Å²) in [5, 5.41) is 0. The molecule has 0 radical (unpaired) electrons. The average molecular weight is 262 g/mol. The molecule has 0 bridgehead atoms. The smallest absolute Gasteiger partial charge is 0.0235 e. The number of aryl methyl sites for hydroxylation is 2. The van der Waals surface area contributed by atoms with E-state index in [-0.39, 0.29) is 5.41 Å². The van der Waals surface area contributed by atoms with Gasteiger partial charge in [0.05, 0.1) is 0 Å². The van der Waals surface area contributed by atoms with E-state index < -0.39 is 0 Å². The molecule has 0 unspecified atom stereocenters. The van der Waals surface area contributed by atoms with Crippen molar-refractivity contribution in [2.45, 2.75) is 53.0 Å². The molecule has 108 valence electrons. The molecule has 0 aromatic heterocycles. The van der Waals surface area contributed by atoms with Crippen molar-refractivity contribution in [2.24, 2.45) is 5.73 Å². The van der Waals surface area contributed by atoms with Gasteiger partial charge >= 0.3 is 0 Å². The predicted octanol–water partition coefficient (Wildman–Crippen LogP) is 3.38. The van der Waals surface area contributed by atoms with Gasteiger partial charge in [-0.2, -0.15) is 0 Å². The lowest BCUT2D eigenvalue weighted by Crippen LogP contribution is -2.22. The average Bonchev–Trinajstić information content (AvgIpc) is 2.29. The molecule has 0 amide bonds. The molecule has 0 saturated heterocycles. The van der Waals surface area contributed by atoms with Crippen LogP contribution in [0.25, 0.3) is 0 Å². The van der Waals surface area contributed by atoms with Crippen LogP contribution < -0.4 is 5.73 Å². The first-order chi connectivity index (χ1) is 8.75. The Balaban J connectivity index is 2.92. The van der Waals surface area contributed by atoms with Crippen LogP contribution in [0.4, 0.5) is 0 Å². The van der Waals surface area contributed by atoms with Crippen LogP contribution in [0.15, 0.2) is 12.1 Å². The first-order valence-corrected chi connectivity index (χ1v) is 7.25. The minimum absolute atomic E-state index is 0.222. The Bertz CT molecular complexity index is 393. The van der Waals surface area contributed by atoms with Gasteiger partial charge in [-0.3, -0.25) is 0 Å². The van der Waals surface area contributed by atoms with E-state index in [1.54, 1.807) is 0 Å². The molecule has 0 atom stereocenters. The topological polar surface area (TPSA) is 29.3 Å². The highest BCUT2D eigenvalue weighted by Crippen LogP contribution is 2.27. The van der Waals surface area contributed by atoms with Crippen LogP contribution in [-0.4, -0.2) is 25.0 Å². The maximum absolute atomic E-state index is 5.57. The number of benzene rings is 1. The molecule has 0 aliphatic heterocycles. The third-order valence-electron chi connectivity index (χ3n) is 3.73. The van der Waals surface area contributed by atoms with Crippen molar-refractivity contribution in [1.82, 2.24) is 4.90 Å². The van der Waals surface area contributed by atoms with Crippen LogP contribution in [0.5, 0.6) is 0 Å². The second-order valence-electron chi connectivity index (χ2n) is 6.72. The molecule has 2 nitrogen and oxygen atoms in total. The number of nitrogens with two attached hydrogens (primary N) is 1. The van der Waals surface area contributed by atoms with E-state index in [0.29, 0.717) is 0 Å². The summed E-state index contributed by atoms with van der Waals surface area (Å²) in [5.74, 6) is 0. The van der Waals surface area contributed by atoms with E-state index in [9.17, 15) is 0 Å². The van der Waals surface area contributed by atoms with Gasteiger partial charge in [0.15, 0.2) is 0 Å². The second-order valence-corrected chi connectivity index (χ2v) is 6.72. The predicted molar refractivity (Wildman–Crippen MR) is 84.6 cm³/mol. The van der Waals surface area contributed by atoms with Crippen molar-refractivity contribution >= 4 is 0 Å². The lowest BCUT2D eigenvalue weighted by molar-refractivity contribution is 0.323. The Morgan fingerprint density at radius 1 is 1.11 bits per heavy atom. The quantitative estimate of drug-likeness (QED) is 0.881. The first-order valence-electron chi connectivity index (χ1n) is 7.25. The molecule has 2 N–H and O–H groups in total. The molecule has 0 aliphatic carbocycles. The molecule has 1 aromatic carbocycles. The SMILES string of the molecule is Cc1cc(C(C)(C)C)cc(C)c1CN(C)CCCN. The molecule has 1 aromatic rings. The minimum atomic E-state index is 0.222. The summed E-state index contributed by atoms with van der Waals surface area (Å²) in [6, 6.07) is 4.69. The number of hydrogen-bond acceptors (Lipinski definition) is 2. The molecule has 1 rings (SSSR count). The Hall–Kier alpha value is -0.860. The highest BCUT2D eigenvalue weighted by atomic mass is 15.1. The molecular formula is C17H30N2. The maximum Gasteiger partial charge on any atom is 0.0235 e. The van der Waals surface area contributed by atoms with Gasteiger partial charge in [-0.1, -0.05) is 32.9 Å². The van der Waals surface area contributed by atoms with Crippen molar-refractivity contribution in [3.05, 3.63) is 34.4 Å². The molecule has 0 aliphatic rings. The van der Waals surface area contributed by atoms with E-state index >= 15 is 0 Å². The largest absolute Gasteiger partial charge is 0.330 e. The summed E-state index contributed by atoms with van der Waals surface area (Å²) in [6.45, 7) is 14.1. The third-order valence-corrected chi connectivity index (χ3v) is 3.73. The van der Waals surface area contributed by atoms with Crippen LogP contribution in [0.3, 0.4) is 0 Å². The van der Waals surface area contributed by atoms with Crippen molar-refractivity contribution in [3.8, 4) is 0 Å². The van der Waals surface area contributed by atoms with Gasteiger partial charge in [0.25, 0.3) is 0 Å². The molecule has 0 heterocycles. The summed E-state index contributed by atoms with van der Waals surface area (Å²) < 4.78 is 0. The zero-order valence-corrected chi connectivity index (χ0v) is 13.5. The van der Waals surface area contributed by atoms with Crippen molar-refractivity contribution in [1.29, 1.82) is 0 Å². The fraction of sp³-hybridized carbons (Fsp3) is 0.647. The highest BCUT2D eigenvalue weighted by molar-refractivity contribution is 5.40. The van der Waals surface area contributed by atoms with Gasteiger partial charge in [0.2, 0.25) is 0 Å². The summed E-state index contributed by atoms with van der Waals surface area (Å²) in [6.07, 6.45) is 1.06. The van der Waals surface area contributed by atoms with Crippen LogP contribution in [0, 0.1) is 13.8 Å². The van der Waals surface area contributed by atoms with Crippen LogP contribution in [-0.2, 0) is 12.0 Å². The van der Waals surface area contributed by atoms with E-state index in [1.165, 1.54) is 22.3 Å². The Morgan fingerprint density at radius 2 is 1.63 bits per heavy atom. The van der Waals surface area contributed by atoms with E-state index in [0.717, 1.165) is 26.1 Å². The monoisotopic (exact) mass is 262 g/mol. The lowest BCUT2D eigenvalue weighted by Gasteiger charge is -2.24. The van der Waals surface area contributed by atoms with Crippen LogP contribution >= 0.6 is 0 Å². The van der Waals surface area contributed by atoms with Gasteiger partial charge in [-0.25, -0.2) is 0 Å². The summed E-state index contributed by atoms with van der Waals surface area (Å²) in [4.78, 5) is 2.36. The fourth-order valence-electron chi connectivity index (χ4n) is 2.39. The zero-order valence-electron chi connectivity index (χ0n) is 13.5. The number of hydrogen-bond donors (Lipinski definition) is 1. The minimum Gasteiger partial charge on any atom is -0.330 e. The molecule has 0 fully saturated rings. The second kappa shape index (κ2) is 6.53. The van der Waals surface area contributed by atoms with Crippen molar-refractivity contribution < 1.29 is 0 Å². The number of nitrogens with zero attached hydrogens (tertiary/aromatic N) is 1. The summed E-state index contributed by atoms with van der Waals surface area (Å²) >= 11 is 0. The van der Waals surface area contributed by atoms with E-state index in [4.69, 9.17) is 5.73 Å². The number of rotatable bonds is 5. The first kappa shape index (κ1) is 16.2. The van der Waals surface area contributed by atoms with Crippen LogP contribution in [0.1, 0.15) is 49.4 Å².